The van der Waals surface area contributed by atoms with Crippen LogP contribution in [-0.4, -0.2) is 45.1 Å². The zero-order valence-electron chi connectivity index (χ0n) is 22.5. The average Bonchev–Trinajstić information content (AvgIpc) is 3.74. The maximum absolute atomic E-state index is 13.2. The van der Waals surface area contributed by atoms with Crippen molar-refractivity contribution in [2.45, 2.75) is 18.5 Å². The molecule has 1 aliphatic rings. The highest BCUT2D eigenvalue weighted by atomic mass is 35.5. The number of aromatic amines is 1. The largest absolute Gasteiger partial charge is 0.453 e. The highest BCUT2D eigenvalue weighted by Gasteiger charge is 2.22. The second kappa shape index (κ2) is 12.8. The standard InChI is InChI=1S/C28H25Cl2N9O3/c1-39-15-16(13-32-39)11-22(27-35-25(26(30)36-27)17-3-7-20(8-4-17)33-28(41)42-2)34-24(40)10-5-18-12-19(29)6-9-21(18)23-14-31-38-37-23/h3-10,12-15,22-23H,11H2,1-2H3,(H,33,41)(H,34,40)(H,35,36)/b10-5+. The van der Waals surface area contributed by atoms with E-state index in [1.807, 2.05) is 19.3 Å². The van der Waals surface area contributed by atoms with Crippen molar-refractivity contribution >= 4 is 53.2 Å². The predicted octanol–water partition coefficient (Wildman–Crippen LogP) is 5.90. The molecule has 3 N–H and O–H groups in total. The number of ether oxygens (including phenoxy) is 1. The molecule has 2 unspecified atom stereocenters. The Bertz CT molecular complexity index is 1680. The number of amides is 2. The molecule has 2 aromatic carbocycles. The smallest absolute Gasteiger partial charge is 0.411 e. The SMILES string of the molecule is COC(=O)Nc1ccc(-c2nc(C(Cc3cnn(C)c3)NC(=O)/C=C/c3cc(Cl)ccc3C3C=NN=N3)[nH]c2Cl)cc1. The van der Waals surface area contributed by atoms with E-state index in [1.54, 1.807) is 59.6 Å². The number of hydrogen-bond donors (Lipinski definition) is 3. The molecule has 3 heterocycles. The minimum atomic E-state index is -0.574. The Kier molecular flexibility index (Phi) is 8.74. The van der Waals surface area contributed by atoms with Gasteiger partial charge in [-0.3, -0.25) is 14.8 Å². The molecule has 0 saturated carbocycles. The second-order valence-corrected chi connectivity index (χ2v) is 10.1. The molecule has 2 aromatic heterocycles. The highest BCUT2D eigenvalue weighted by Crippen LogP contribution is 2.30. The van der Waals surface area contributed by atoms with Crippen LogP contribution >= 0.6 is 23.2 Å². The summed E-state index contributed by atoms with van der Waals surface area (Å²) in [5.41, 5.74) is 4.18. The first kappa shape index (κ1) is 28.7. The van der Waals surface area contributed by atoms with Crippen LogP contribution in [0, 0.1) is 0 Å². The number of nitrogens with zero attached hydrogens (tertiary/aromatic N) is 6. The summed E-state index contributed by atoms with van der Waals surface area (Å²) in [6.07, 6.45) is 8.13. The lowest BCUT2D eigenvalue weighted by Crippen LogP contribution is -2.29. The molecular formula is C28H25Cl2N9O3. The zero-order valence-corrected chi connectivity index (χ0v) is 24.0. The van der Waals surface area contributed by atoms with Crippen molar-refractivity contribution in [1.29, 1.82) is 0 Å². The van der Waals surface area contributed by atoms with Crippen molar-refractivity contribution in [2.24, 2.45) is 22.5 Å². The van der Waals surface area contributed by atoms with E-state index in [0.29, 0.717) is 44.9 Å². The number of carbonyl (C=O) groups is 2. The molecule has 0 saturated heterocycles. The molecule has 14 heteroatoms. The van der Waals surface area contributed by atoms with Gasteiger partial charge in [0.25, 0.3) is 0 Å². The van der Waals surface area contributed by atoms with Gasteiger partial charge in [0.15, 0.2) is 0 Å². The van der Waals surface area contributed by atoms with E-state index < -0.39 is 12.1 Å². The number of carbonyl (C=O) groups excluding carboxylic acids is 2. The number of halogens is 2. The number of hydrogen-bond acceptors (Lipinski definition) is 8. The molecule has 12 nitrogen and oxygen atoms in total. The molecule has 0 radical (unpaired) electrons. The lowest BCUT2D eigenvalue weighted by molar-refractivity contribution is -0.117. The highest BCUT2D eigenvalue weighted by molar-refractivity contribution is 6.32. The number of rotatable bonds is 9. The lowest BCUT2D eigenvalue weighted by Gasteiger charge is -2.15. The van der Waals surface area contributed by atoms with Crippen LogP contribution in [0.25, 0.3) is 17.3 Å². The van der Waals surface area contributed by atoms with Crippen molar-refractivity contribution in [2.75, 3.05) is 12.4 Å². The first-order valence-electron chi connectivity index (χ1n) is 12.7. The molecule has 1 aliphatic heterocycles. The number of aryl methyl sites for hydroxylation is 1. The van der Waals surface area contributed by atoms with Gasteiger partial charge in [0, 0.05) is 42.0 Å². The monoisotopic (exact) mass is 605 g/mol. The average molecular weight is 606 g/mol. The van der Waals surface area contributed by atoms with Crippen molar-refractivity contribution < 1.29 is 14.3 Å². The molecule has 0 spiro atoms. The van der Waals surface area contributed by atoms with Gasteiger partial charge in [-0.25, -0.2) is 9.78 Å². The van der Waals surface area contributed by atoms with E-state index in [9.17, 15) is 9.59 Å². The third-order valence-electron chi connectivity index (χ3n) is 6.33. The molecular weight excluding hydrogens is 581 g/mol. The first-order valence-corrected chi connectivity index (χ1v) is 13.4. The van der Waals surface area contributed by atoms with Gasteiger partial charge in [0.2, 0.25) is 5.91 Å². The number of H-pyrrole nitrogens is 1. The number of benzene rings is 2. The topological polar surface area (TPSA) is 151 Å². The molecule has 0 fully saturated rings. The molecule has 0 aliphatic carbocycles. The van der Waals surface area contributed by atoms with E-state index in [1.165, 1.54) is 13.2 Å². The minimum absolute atomic E-state index is 0.301. The summed E-state index contributed by atoms with van der Waals surface area (Å²) >= 11 is 12.8. The van der Waals surface area contributed by atoms with Crippen LogP contribution in [0.1, 0.15) is 34.6 Å². The number of aromatic nitrogens is 4. The predicted molar refractivity (Wildman–Crippen MR) is 159 cm³/mol. The van der Waals surface area contributed by atoms with E-state index >= 15 is 0 Å². The summed E-state index contributed by atoms with van der Waals surface area (Å²) in [4.78, 5) is 32.5. The fraction of sp³-hybridized carbons (Fsp3) is 0.179. The molecule has 0 bridgehead atoms. The summed E-state index contributed by atoms with van der Waals surface area (Å²) in [7, 11) is 3.11. The van der Waals surface area contributed by atoms with Crippen molar-refractivity contribution in [3.05, 3.63) is 93.6 Å². The van der Waals surface area contributed by atoms with Gasteiger partial charge in [-0.1, -0.05) is 41.4 Å². The first-order chi connectivity index (χ1) is 20.3. The minimum Gasteiger partial charge on any atom is -0.453 e. The summed E-state index contributed by atoms with van der Waals surface area (Å²) in [5, 5.41) is 22.2. The van der Waals surface area contributed by atoms with E-state index in [0.717, 1.165) is 11.1 Å². The van der Waals surface area contributed by atoms with Crippen molar-refractivity contribution in [3.8, 4) is 11.3 Å². The fourth-order valence-corrected chi connectivity index (χ4v) is 4.76. The summed E-state index contributed by atoms with van der Waals surface area (Å²) in [6.45, 7) is 0. The summed E-state index contributed by atoms with van der Waals surface area (Å²) in [6, 6.07) is 11.4. The summed E-state index contributed by atoms with van der Waals surface area (Å²) < 4.78 is 6.31. The van der Waals surface area contributed by atoms with Gasteiger partial charge in [0.05, 0.1) is 25.6 Å². The molecule has 214 valence electrons. The van der Waals surface area contributed by atoms with Gasteiger partial charge in [-0.15, -0.1) is 5.10 Å². The quantitative estimate of drug-likeness (QED) is 0.203. The van der Waals surface area contributed by atoms with Gasteiger partial charge >= 0.3 is 6.09 Å². The van der Waals surface area contributed by atoms with Gasteiger partial charge in [-0.2, -0.15) is 10.2 Å². The van der Waals surface area contributed by atoms with Crippen LogP contribution in [0.2, 0.25) is 10.2 Å². The number of nitrogens with one attached hydrogen (secondary N) is 3. The van der Waals surface area contributed by atoms with Gasteiger partial charge in [-0.05, 0) is 52.3 Å². The fourth-order valence-electron chi connectivity index (χ4n) is 4.33. The van der Waals surface area contributed by atoms with E-state index in [4.69, 9.17) is 28.2 Å². The van der Waals surface area contributed by atoms with Crippen LogP contribution in [0.3, 0.4) is 0 Å². The molecule has 4 aromatic rings. The molecule has 5 rings (SSSR count). The Morgan fingerprint density at radius 1 is 1.19 bits per heavy atom. The molecule has 2 atom stereocenters. The Morgan fingerprint density at radius 2 is 2.00 bits per heavy atom. The Morgan fingerprint density at radius 3 is 2.69 bits per heavy atom. The van der Waals surface area contributed by atoms with Crippen LogP contribution in [0.15, 0.2) is 76.4 Å². The maximum atomic E-state index is 13.2. The van der Waals surface area contributed by atoms with Crippen LogP contribution in [-0.2, 0) is 23.0 Å². The van der Waals surface area contributed by atoms with E-state index in [-0.39, 0.29) is 11.9 Å². The third-order valence-corrected chi connectivity index (χ3v) is 6.84. The Hall–Kier alpha value is -4.81. The molecule has 2 amide bonds. The van der Waals surface area contributed by atoms with E-state index in [2.05, 4.69) is 40.9 Å². The third kappa shape index (κ3) is 6.90. The van der Waals surface area contributed by atoms with Gasteiger partial charge in [0.1, 0.15) is 22.7 Å². The Balaban J connectivity index is 1.38. The van der Waals surface area contributed by atoms with Gasteiger partial charge < -0.3 is 15.0 Å². The van der Waals surface area contributed by atoms with Crippen molar-refractivity contribution in [1.82, 2.24) is 25.1 Å². The Labute approximate surface area is 250 Å². The number of imidazole rings is 1. The zero-order chi connectivity index (χ0) is 29.6. The summed E-state index contributed by atoms with van der Waals surface area (Å²) in [5.74, 6) is 0.104. The van der Waals surface area contributed by atoms with Crippen LogP contribution < -0.4 is 10.6 Å². The lowest BCUT2D eigenvalue weighted by atomic mass is 10.0. The number of anilines is 1. The van der Waals surface area contributed by atoms with Crippen LogP contribution in [0.4, 0.5) is 10.5 Å². The molecule has 42 heavy (non-hydrogen) atoms. The normalized spacial score (nSPS) is 14.8. The second-order valence-electron chi connectivity index (χ2n) is 9.29. The van der Waals surface area contributed by atoms with Crippen molar-refractivity contribution in [3.63, 3.8) is 0 Å². The number of methoxy groups -OCH3 is 1. The van der Waals surface area contributed by atoms with Crippen LogP contribution in [0.5, 0.6) is 0 Å². The maximum Gasteiger partial charge on any atom is 0.411 e.